The molecule has 0 saturated carbocycles. The lowest BCUT2D eigenvalue weighted by Gasteiger charge is -2.34. The summed E-state index contributed by atoms with van der Waals surface area (Å²) in [6, 6.07) is 20.8. The fourth-order valence-corrected chi connectivity index (χ4v) is 3.78. The molecule has 0 aromatic heterocycles. The Labute approximate surface area is 164 Å². The molecule has 0 bridgehead atoms. The maximum Gasteiger partial charge on any atom is 0.137 e. The van der Waals surface area contributed by atoms with Crippen LogP contribution in [0.4, 0.5) is 10.1 Å². The lowest BCUT2D eigenvalue weighted by Crippen LogP contribution is -3.16. The molecule has 4 rings (SSSR count). The van der Waals surface area contributed by atoms with Crippen LogP contribution in [0.3, 0.4) is 0 Å². The highest BCUT2D eigenvalue weighted by atomic mass is 19.1. The number of anilines is 1. The van der Waals surface area contributed by atoms with Crippen LogP contribution in [-0.2, 0) is 0 Å². The number of aliphatic hydroxyl groups excluding tert-OH is 1. The van der Waals surface area contributed by atoms with Crippen molar-refractivity contribution in [1.82, 2.24) is 0 Å². The Morgan fingerprint density at radius 1 is 0.964 bits per heavy atom. The van der Waals surface area contributed by atoms with Crippen molar-refractivity contribution in [3.05, 3.63) is 72.5 Å². The summed E-state index contributed by atoms with van der Waals surface area (Å²) < 4.78 is 18.9. The predicted molar refractivity (Wildman–Crippen MR) is 110 cm³/mol. The smallest absolute Gasteiger partial charge is 0.137 e. The number of nitrogens with one attached hydrogen (secondary N) is 1. The first kappa shape index (κ1) is 18.7. The van der Waals surface area contributed by atoms with Crippen LogP contribution in [0.2, 0.25) is 0 Å². The van der Waals surface area contributed by atoms with E-state index in [1.165, 1.54) is 22.4 Å². The van der Waals surface area contributed by atoms with Gasteiger partial charge in [-0.25, -0.2) is 4.39 Å². The van der Waals surface area contributed by atoms with Gasteiger partial charge < -0.3 is 19.6 Å². The van der Waals surface area contributed by atoms with Crippen molar-refractivity contribution in [2.24, 2.45) is 0 Å². The van der Waals surface area contributed by atoms with Crippen LogP contribution in [0.5, 0.6) is 5.75 Å². The van der Waals surface area contributed by atoms with E-state index in [9.17, 15) is 9.50 Å². The van der Waals surface area contributed by atoms with Gasteiger partial charge in [0, 0.05) is 5.69 Å². The number of halogens is 1. The minimum absolute atomic E-state index is 0.206. The van der Waals surface area contributed by atoms with Crippen LogP contribution in [0.25, 0.3) is 10.8 Å². The molecule has 0 aliphatic carbocycles. The number of hydrogen-bond donors (Lipinski definition) is 2. The van der Waals surface area contributed by atoms with Crippen LogP contribution in [0, 0.1) is 5.82 Å². The maximum atomic E-state index is 13.1. The molecule has 1 heterocycles. The van der Waals surface area contributed by atoms with Crippen LogP contribution < -0.4 is 14.5 Å². The Morgan fingerprint density at radius 2 is 1.68 bits per heavy atom. The van der Waals surface area contributed by atoms with E-state index in [-0.39, 0.29) is 5.82 Å². The Bertz CT molecular complexity index is 908. The molecule has 3 aromatic carbocycles. The van der Waals surface area contributed by atoms with E-state index in [4.69, 9.17) is 4.74 Å². The third-order valence-electron chi connectivity index (χ3n) is 5.35. The molecule has 1 saturated heterocycles. The largest absolute Gasteiger partial charge is 0.491 e. The van der Waals surface area contributed by atoms with Crippen LogP contribution >= 0.6 is 0 Å². The predicted octanol–water partition coefficient (Wildman–Crippen LogP) is 2.12. The van der Waals surface area contributed by atoms with Crippen molar-refractivity contribution in [1.29, 1.82) is 0 Å². The first-order valence-corrected chi connectivity index (χ1v) is 9.81. The molecular weight excluding hydrogens is 355 g/mol. The zero-order valence-corrected chi connectivity index (χ0v) is 15.9. The van der Waals surface area contributed by atoms with E-state index in [2.05, 4.69) is 17.0 Å². The fraction of sp³-hybridized carbons (Fsp3) is 0.304. The molecule has 1 fully saturated rings. The van der Waals surface area contributed by atoms with Gasteiger partial charge in [-0.05, 0) is 47.2 Å². The molecule has 0 radical (unpaired) electrons. The second kappa shape index (κ2) is 8.59. The number of aliphatic hydroxyl groups is 1. The number of rotatable bonds is 6. The summed E-state index contributed by atoms with van der Waals surface area (Å²) in [5.74, 6) is 0.580. The van der Waals surface area contributed by atoms with E-state index in [1.807, 2.05) is 42.5 Å². The van der Waals surface area contributed by atoms with Gasteiger partial charge in [0.05, 0.1) is 26.2 Å². The normalized spacial score (nSPS) is 16.3. The van der Waals surface area contributed by atoms with Crippen molar-refractivity contribution in [3.63, 3.8) is 0 Å². The summed E-state index contributed by atoms with van der Waals surface area (Å²) in [4.78, 5) is 3.63. The van der Waals surface area contributed by atoms with Crippen molar-refractivity contribution < 1.29 is 19.1 Å². The molecule has 3 aromatic rings. The summed E-state index contributed by atoms with van der Waals surface area (Å²) in [6.45, 7) is 4.67. The number of piperazine rings is 1. The van der Waals surface area contributed by atoms with Crippen LogP contribution in [0.15, 0.2) is 66.7 Å². The van der Waals surface area contributed by atoms with E-state index in [0.717, 1.165) is 43.0 Å². The summed E-state index contributed by atoms with van der Waals surface area (Å²) in [7, 11) is 0. The molecule has 0 amide bonds. The summed E-state index contributed by atoms with van der Waals surface area (Å²) >= 11 is 0. The highest BCUT2D eigenvalue weighted by molar-refractivity contribution is 5.83. The lowest BCUT2D eigenvalue weighted by atomic mass is 10.1. The molecule has 0 unspecified atom stereocenters. The van der Waals surface area contributed by atoms with Gasteiger partial charge >= 0.3 is 0 Å². The standard InChI is InChI=1S/C23H25FN2O2/c24-20-6-8-21(9-7-20)26-13-11-25(12-14-26)16-22(27)17-28-23-10-5-18-3-1-2-4-19(18)15-23/h1-10,15,22,27H,11-14,16-17H2/p+1/t22-/m0/s1. The zero-order valence-electron chi connectivity index (χ0n) is 15.9. The third-order valence-corrected chi connectivity index (χ3v) is 5.35. The van der Waals surface area contributed by atoms with E-state index >= 15 is 0 Å². The van der Waals surface area contributed by atoms with Crippen molar-refractivity contribution in [2.45, 2.75) is 6.10 Å². The van der Waals surface area contributed by atoms with Gasteiger partial charge in [-0.1, -0.05) is 30.3 Å². The average Bonchev–Trinajstić information content (AvgIpc) is 2.73. The summed E-state index contributed by atoms with van der Waals surface area (Å²) in [5, 5.41) is 12.7. The molecule has 1 aliphatic heterocycles. The molecular formula is C23H26FN2O2+. The molecule has 1 aliphatic rings. The number of fused-ring (bicyclic) bond motifs is 1. The van der Waals surface area contributed by atoms with Gasteiger partial charge in [0.25, 0.3) is 0 Å². The van der Waals surface area contributed by atoms with E-state index in [1.54, 1.807) is 0 Å². The molecule has 1 atom stereocenters. The van der Waals surface area contributed by atoms with E-state index < -0.39 is 6.10 Å². The second-order valence-corrected chi connectivity index (χ2v) is 7.39. The van der Waals surface area contributed by atoms with Gasteiger partial charge in [-0.3, -0.25) is 0 Å². The average molecular weight is 381 g/mol. The Morgan fingerprint density at radius 3 is 2.43 bits per heavy atom. The molecule has 2 N–H and O–H groups in total. The number of nitrogens with zero attached hydrogens (tertiary/aromatic N) is 1. The number of benzene rings is 3. The second-order valence-electron chi connectivity index (χ2n) is 7.39. The first-order chi connectivity index (χ1) is 13.7. The highest BCUT2D eigenvalue weighted by Crippen LogP contribution is 2.20. The van der Waals surface area contributed by atoms with Gasteiger partial charge in [0.1, 0.15) is 30.8 Å². The molecule has 146 valence electrons. The van der Waals surface area contributed by atoms with Gasteiger partial charge in [0.2, 0.25) is 0 Å². The first-order valence-electron chi connectivity index (χ1n) is 9.81. The fourth-order valence-electron chi connectivity index (χ4n) is 3.78. The quantitative estimate of drug-likeness (QED) is 0.687. The van der Waals surface area contributed by atoms with Gasteiger partial charge in [-0.15, -0.1) is 0 Å². The molecule has 0 spiro atoms. The van der Waals surface area contributed by atoms with Crippen molar-refractivity contribution >= 4 is 16.5 Å². The summed E-state index contributed by atoms with van der Waals surface area (Å²) in [5.41, 5.74) is 1.06. The Hall–Kier alpha value is -2.63. The maximum absolute atomic E-state index is 13.1. The molecule has 28 heavy (non-hydrogen) atoms. The van der Waals surface area contributed by atoms with Crippen molar-refractivity contribution in [3.8, 4) is 5.75 Å². The monoisotopic (exact) mass is 381 g/mol. The van der Waals surface area contributed by atoms with Crippen LogP contribution in [0.1, 0.15) is 0 Å². The summed E-state index contributed by atoms with van der Waals surface area (Å²) in [6.07, 6.45) is -0.501. The van der Waals surface area contributed by atoms with Gasteiger partial charge in [0.15, 0.2) is 0 Å². The number of hydrogen-bond acceptors (Lipinski definition) is 3. The van der Waals surface area contributed by atoms with E-state index in [0.29, 0.717) is 13.2 Å². The molecule has 5 heteroatoms. The Kier molecular flexibility index (Phi) is 5.74. The Balaban J connectivity index is 1.24. The van der Waals surface area contributed by atoms with Gasteiger partial charge in [-0.2, -0.15) is 0 Å². The minimum Gasteiger partial charge on any atom is -0.491 e. The SMILES string of the molecule is O[C@H](COc1ccc2ccccc2c1)C[NH+]1CCN(c2ccc(F)cc2)CC1. The van der Waals surface area contributed by atoms with Crippen LogP contribution in [-0.4, -0.2) is 50.5 Å². The highest BCUT2D eigenvalue weighted by Gasteiger charge is 2.23. The minimum atomic E-state index is -0.501. The number of ether oxygens (including phenoxy) is 1. The molecule has 4 nitrogen and oxygen atoms in total. The van der Waals surface area contributed by atoms with Crippen molar-refractivity contribution in [2.75, 3.05) is 44.2 Å². The third kappa shape index (κ3) is 4.61. The lowest BCUT2D eigenvalue weighted by molar-refractivity contribution is -0.903. The zero-order chi connectivity index (χ0) is 19.3. The topological polar surface area (TPSA) is 37.1 Å². The number of quaternary nitrogens is 1.